The van der Waals surface area contributed by atoms with Crippen molar-refractivity contribution >= 4 is 17.2 Å². The Morgan fingerprint density at radius 2 is 2.00 bits per heavy atom. The Labute approximate surface area is 163 Å². The van der Waals surface area contributed by atoms with Gasteiger partial charge in [0.05, 0.1) is 12.3 Å². The van der Waals surface area contributed by atoms with Crippen LogP contribution in [0.4, 0.5) is 8.78 Å². The van der Waals surface area contributed by atoms with Crippen molar-refractivity contribution in [2.24, 2.45) is 0 Å². The SMILES string of the molecule is Cc1cscc1-c1nc(C(=O)NCCO)cc(-c2ccc(OC(F)F)cc2)n1. The molecule has 28 heavy (non-hydrogen) atoms. The molecule has 9 heteroatoms. The van der Waals surface area contributed by atoms with E-state index >= 15 is 0 Å². The molecule has 3 aromatic rings. The Morgan fingerprint density at radius 3 is 2.61 bits per heavy atom. The topological polar surface area (TPSA) is 84.3 Å². The molecular formula is C19H17F2N3O3S. The molecule has 0 saturated heterocycles. The Kier molecular flexibility index (Phi) is 6.27. The number of hydrogen-bond donors (Lipinski definition) is 2. The number of aliphatic hydroxyl groups excluding tert-OH is 1. The van der Waals surface area contributed by atoms with Gasteiger partial charge in [-0.05, 0) is 48.2 Å². The third kappa shape index (κ3) is 4.68. The lowest BCUT2D eigenvalue weighted by Gasteiger charge is -2.10. The number of aliphatic hydroxyl groups is 1. The zero-order chi connectivity index (χ0) is 20.1. The molecule has 1 amide bonds. The van der Waals surface area contributed by atoms with Gasteiger partial charge in [-0.15, -0.1) is 0 Å². The predicted molar refractivity (Wildman–Crippen MR) is 102 cm³/mol. The summed E-state index contributed by atoms with van der Waals surface area (Å²) in [5, 5.41) is 15.3. The van der Waals surface area contributed by atoms with Gasteiger partial charge in [-0.2, -0.15) is 20.1 Å². The second kappa shape index (κ2) is 8.85. The van der Waals surface area contributed by atoms with Crippen LogP contribution in [0.25, 0.3) is 22.6 Å². The quantitative estimate of drug-likeness (QED) is 0.629. The summed E-state index contributed by atoms with van der Waals surface area (Å²) in [4.78, 5) is 21.2. The van der Waals surface area contributed by atoms with Crippen molar-refractivity contribution in [1.82, 2.24) is 15.3 Å². The number of amides is 1. The maximum atomic E-state index is 12.4. The van der Waals surface area contributed by atoms with Gasteiger partial charge in [0, 0.05) is 23.1 Å². The highest BCUT2D eigenvalue weighted by atomic mass is 32.1. The Balaban J connectivity index is 2.02. The first-order valence-corrected chi connectivity index (χ1v) is 9.28. The van der Waals surface area contributed by atoms with E-state index in [1.165, 1.54) is 29.5 Å². The molecule has 0 spiro atoms. The molecule has 0 aliphatic rings. The second-order valence-electron chi connectivity index (χ2n) is 5.81. The van der Waals surface area contributed by atoms with E-state index < -0.39 is 12.5 Å². The summed E-state index contributed by atoms with van der Waals surface area (Å²) in [6, 6.07) is 7.50. The summed E-state index contributed by atoms with van der Waals surface area (Å²) >= 11 is 1.50. The third-order valence-electron chi connectivity index (χ3n) is 3.83. The van der Waals surface area contributed by atoms with Crippen molar-refractivity contribution in [2.75, 3.05) is 13.2 Å². The first kappa shape index (κ1) is 19.8. The molecule has 0 aliphatic carbocycles. The number of nitrogens with zero attached hydrogens (tertiary/aromatic N) is 2. The van der Waals surface area contributed by atoms with Crippen molar-refractivity contribution in [3.05, 3.63) is 52.3 Å². The van der Waals surface area contributed by atoms with Crippen LogP contribution in [0.1, 0.15) is 16.1 Å². The van der Waals surface area contributed by atoms with Crippen LogP contribution in [0.5, 0.6) is 5.75 Å². The summed E-state index contributed by atoms with van der Waals surface area (Å²) in [6.07, 6.45) is 0. The minimum absolute atomic E-state index is 0.0302. The summed E-state index contributed by atoms with van der Waals surface area (Å²) in [6.45, 7) is -1.07. The van der Waals surface area contributed by atoms with Gasteiger partial charge in [-0.25, -0.2) is 9.97 Å². The van der Waals surface area contributed by atoms with E-state index in [1.807, 2.05) is 17.7 Å². The monoisotopic (exact) mass is 405 g/mol. The largest absolute Gasteiger partial charge is 0.435 e. The normalized spacial score (nSPS) is 10.9. The number of halogens is 2. The molecule has 0 saturated carbocycles. The third-order valence-corrected chi connectivity index (χ3v) is 4.69. The van der Waals surface area contributed by atoms with Crippen molar-refractivity contribution in [1.29, 1.82) is 0 Å². The number of benzene rings is 1. The number of alkyl halides is 2. The average molecular weight is 405 g/mol. The highest BCUT2D eigenvalue weighted by Gasteiger charge is 2.16. The van der Waals surface area contributed by atoms with Crippen molar-refractivity contribution in [3.8, 4) is 28.4 Å². The van der Waals surface area contributed by atoms with E-state index in [9.17, 15) is 13.6 Å². The molecule has 2 aromatic heterocycles. The lowest BCUT2D eigenvalue weighted by atomic mass is 10.1. The highest BCUT2D eigenvalue weighted by Crippen LogP contribution is 2.28. The fraction of sp³-hybridized carbons (Fsp3) is 0.211. The fourth-order valence-electron chi connectivity index (χ4n) is 2.49. The first-order valence-electron chi connectivity index (χ1n) is 8.34. The van der Waals surface area contributed by atoms with E-state index in [0.29, 0.717) is 17.1 Å². The number of rotatable bonds is 7. The number of ether oxygens (including phenoxy) is 1. The minimum Gasteiger partial charge on any atom is -0.435 e. The first-order chi connectivity index (χ1) is 13.5. The van der Waals surface area contributed by atoms with Crippen LogP contribution >= 0.6 is 11.3 Å². The maximum Gasteiger partial charge on any atom is 0.387 e. The Bertz CT molecular complexity index is 961. The summed E-state index contributed by atoms with van der Waals surface area (Å²) in [7, 11) is 0. The van der Waals surface area contributed by atoms with Crippen LogP contribution in [0.2, 0.25) is 0 Å². The molecule has 3 rings (SSSR count). The van der Waals surface area contributed by atoms with Gasteiger partial charge in [0.15, 0.2) is 5.82 Å². The number of aryl methyl sites for hydroxylation is 1. The summed E-state index contributed by atoms with van der Waals surface area (Å²) < 4.78 is 29.0. The summed E-state index contributed by atoms with van der Waals surface area (Å²) in [5.74, 6) is -0.0228. The second-order valence-corrected chi connectivity index (χ2v) is 6.56. The fourth-order valence-corrected chi connectivity index (χ4v) is 3.32. The van der Waals surface area contributed by atoms with Crippen LogP contribution in [0.3, 0.4) is 0 Å². The van der Waals surface area contributed by atoms with Crippen molar-refractivity contribution in [3.63, 3.8) is 0 Å². The van der Waals surface area contributed by atoms with Crippen molar-refractivity contribution < 1.29 is 23.4 Å². The zero-order valence-electron chi connectivity index (χ0n) is 14.9. The number of hydrogen-bond acceptors (Lipinski definition) is 6. The van der Waals surface area contributed by atoms with Crippen LogP contribution in [-0.2, 0) is 0 Å². The average Bonchev–Trinajstić information content (AvgIpc) is 3.12. The summed E-state index contributed by atoms with van der Waals surface area (Å²) in [5.41, 5.74) is 3.01. The Morgan fingerprint density at radius 1 is 1.25 bits per heavy atom. The van der Waals surface area contributed by atoms with E-state index in [-0.39, 0.29) is 24.6 Å². The number of aromatic nitrogens is 2. The van der Waals surface area contributed by atoms with Crippen LogP contribution in [0, 0.1) is 6.92 Å². The molecule has 0 radical (unpaired) electrons. The van der Waals surface area contributed by atoms with Crippen LogP contribution in [0.15, 0.2) is 41.1 Å². The van der Waals surface area contributed by atoms with Gasteiger partial charge in [0.25, 0.3) is 5.91 Å². The molecule has 146 valence electrons. The molecule has 0 aliphatic heterocycles. The minimum atomic E-state index is -2.90. The van der Waals surface area contributed by atoms with Crippen molar-refractivity contribution in [2.45, 2.75) is 13.5 Å². The van der Waals surface area contributed by atoms with E-state index in [4.69, 9.17) is 5.11 Å². The number of nitrogens with one attached hydrogen (secondary N) is 1. The zero-order valence-corrected chi connectivity index (χ0v) is 15.7. The van der Waals surface area contributed by atoms with Gasteiger partial charge < -0.3 is 15.2 Å². The smallest absolute Gasteiger partial charge is 0.387 e. The van der Waals surface area contributed by atoms with Gasteiger partial charge in [-0.1, -0.05) is 0 Å². The van der Waals surface area contributed by atoms with Gasteiger partial charge >= 0.3 is 6.61 Å². The van der Waals surface area contributed by atoms with Crippen LogP contribution in [-0.4, -0.2) is 40.7 Å². The molecule has 0 bridgehead atoms. The predicted octanol–water partition coefficient (Wildman–Crippen LogP) is 3.50. The maximum absolute atomic E-state index is 12.4. The van der Waals surface area contributed by atoms with E-state index in [1.54, 1.807) is 12.1 Å². The molecule has 0 atom stereocenters. The molecule has 1 aromatic carbocycles. The molecule has 2 heterocycles. The molecule has 0 fully saturated rings. The lowest BCUT2D eigenvalue weighted by Crippen LogP contribution is -2.27. The highest BCUT2D eigenvalue weighted by molar-refractivity contribution is 7.08. The van der Waals surface area contributed by atoms with Gasteiger partial charge in [0.1, 0.15) is 11.4 Å². The van der Waals surface area contributed by atoms with E-state index in [0.717, 1.165) is 11.1 Å². The number of carbonyl (C=O) groups is 1. The van der Waals surface area contributed by atoms with Gasteiger partial charge in [0.2, 0.25) is 0 Å². The molecule has 0 unspecified atom stereocenters. The lowest BCUT2D eigenvalue weighted by molar-refractivity contribution is -0.0498. The number of carbonyl (C=O) groups excluding carboxylic acids is 1. The van der Waals surface area contributed by atoms with Gasteiger partial charge in [-0.3, -0.25) is 4.79 Å². The molecular weight excluding hydrogens is 388 g/mol. The van der Waals surface area contributed by atoms with E-state index in [2.05, 4.69) is 20.0 Å². The number of thiophene rings is 1. The standard InChI is InChI=1S/C19H17F2N3O3S/c1-11-9-28-10-14(11)17-23-15(8-16(24-17)18(26)22-6-7-25)12-2-4-13(5-3-12)27-19(20)21/h2-5,8-10,19,25H,6-7H2,1H3,(H,22,26). The molecule has 2 N–H and O–H groups in total. The Hall–Kier alpha value is -2.91. The molecule has 6 nitrogen and oxygen atoms in total. The van der Waals surface area contributed by atoms with Crippen LogP contribution < -0.4 is 10.1 Å².